The summed E-state index contributed by atoms with van der Waals surface area (Å²) >= 11 is 9.33. The lowest BCUT2D eigenvalue weighted by Crippen LogP contribution is -2.40. The molecule has 0 N–H and O–H groups in total. The first-order valence-electron chi connectivity index (χ1n) is 6.88. The first-order valence-corrected chi connectivity index (χ1v) is 8.20. The van der Waals surface area contributed by atoms with Crippen molar-refractivity contribution in [1.82, 2.24) is 4.90 Å². The number of ether oxygens (including phenoxy) is 1. The molecule has 1 saturated carbocycles. The maximum atomic E-state index is 12.8. The molecule has 0 saturated heterocycles. The lowest BCUT2D eigenvalue weighted by atomic mass is 10.1. The Labute approximate surface area is 133 Å². The van der Waals surface area contributed by atoms with Gasteiger partial charge in [0, 0.05) is 22.9 Å². The standard InChI is InChI=1S/C15H19BrClNO2/c1-20-12-6-7-14(16)13(10-12)15(19)18(9-8-17)11-4-2-3-5-11/h6-7,10-11H,2-5,8-9H2,1H3. The van der Waals surface area contributed by atoms with Crippen molar-refractivity contribution in [3.05, 3.63) is 28.2 Å². The number of alkyl halides is 1. The van der Waals surface area contributed by atoms with Crippen LogP contribution in [0.5, 0.6) is 5.75 Å². The molecule has 1 aliphatic rings. The van der Waals surface area contributed by atoms with E-state index >= 15 is 0 Å². The van der Waals surface area contributed by atoms with Crippen molar-refractivity contribution >= 4 is 33.4 Å². The number of hydrogen-bond acceptors (Lipinski definition) is 2. The van der Waals surface area contributed by atoms with Gasteiger partial charge < -0.3 is 9.64 Å². The number of benzene rings is 1. The summed E-state index contributed by atoms with van der Waals surface area (Å²) in [7, 11) is 1.60. The molecule has 1 amide bonds. The van der Waals surface area contributed by atoms with Crippen molar-refractivity contribution in [1.29, 1.82) is 0 Å². The molecule has 110 valence electrons. The zero-order valence-electron chi connectivity index (χ0n) is 11.6. The molecule has 0 radical (unpaired) electrons. The fourth-order valence-corrected chi connectivity index (χ4v) is 3.31. The summed E-state index contributed by atoms with van der Waals surface area (Å²) in [4.78, 5) is 14.7. The third-order valence-corrected chi connectivity index (χ3v) is 4.62. The van der Waals surface area contributed by atoms with Gasteiger partial charge in [-0.25, -0.2) is 0 Å². The molecule has 2 rings (SSSR count). The molecule has 1 fully saturated rings. The number of nitrogens with zero attached hydrogens (tertiary/aromatic N) is 1. The molecule has 1 aromatic carbocycles. The van der Waals surface area contributed by atoms with Gasteiger partial charge in [-0.1, -0.05) is 12.8 Å². The lowest BCUT2D eigenvalue weighted by Gasteiger charge is -2.29. The lowest BCUT2D eigenvalue weighted by molar-refractivity contribution is 0.0694. The van der Waals surface area contributed by atoms with E-state index < -0.39 is 0 Å². The van der Waals surface area contributed by atoms with Crippen LogP contribution >= 0.6 is 27.5 Å². The molecular formula is C15H19BrClNO2. The molecule has 0 bridgehead atoms. The summed E-state index contributed by atoms with van der Waals surface area (Å²) < 4.78 is 6.00. The van der Waals surface area contributed by atoms with Gasteiger partial charge in [-0.15, -0.1) is 11.6 Å². The molecular weight excluding hydrogens is 342 g/mol. The van der Waals surface area contributed by atoms with Crippen molar-refractivity contribution < 1.29 is 9.53 Å². The largest absolute Gasteiger partial charge is 0.497 e. The summed E-state index contributed by atoms with van der Waals surface area (Å²) in [5.74, 6) is 1.18. The molecule has 3 nitrogen and oxygen atoms in total. The van der Waals surface area contributed by atoms with E-state index in [9.17, 15) is 4.79 Å². The minimum absolute atomic E-state index is 0.0309. The summed E-state index contributed by atoms with van der Waals surface area (Å²) in [5, 5.41) is 0. The Morgan fingerprint density at radius 3 is 2.75 bits per heavy atom. The Morgan fingerprint density at radius 2 is 2.15 bits per heavy atom. The summed E-state index contributed by atoms with van der Waals surface area (Å²) in [6.45, 7) is 0.592. The highest BCUT2D eigenvalue weighted by Gasteiger charge is 2.28. The monoisotopic (exact) mass is 359 g/mol. The Balaban J connectivity index is 2.26. The van der Waals surface area contributed by atoms with Gasteiger partial charge >= 0.3 is 0 Å². The van der Waals surface area contributed by atoms with Crippen LogP contribution in [0.1, 0.15) is 36.0 Å². The van der Waals surface area contributed by atoms with Crippen molar-refractivity contribution in [2.45, 2.75) is 31.7 Å². The molecule has 5 heteroatoms. The van der Waals surface area contributed by atoms with E-state index in [2.05, 4.69) is 15.9 Å². The number of amides is 1. The highest BCUT2D eigenvalue weighted by atomic mass is 79.9. The van der Waals surface area contributed by atoms with E-state index in [0.717, 1.165) is 17.3 Å². The van der Waals surface area contributed by atoms with Crippen LogP contribution in [-0.4, -0.2) is 36.4 Å². The maximum Gasteiger partial charge on any atom is 0.255 e. The van der Waals surface area contributed by atoms with Gasteiger partial charge in [0.2, 0.25) is 0 Å². The number of halogens is 2. The van der Waals surface area contributed by atoms with Gasteiger partial charge in [0.05, 0.1) is 12.7 Å². The molecule has 0 atom stereocenters. The van der Waals surface area contributed by atoms with Crippen LogP contribution in [0.2, 0.25) is 0 Å². The average Bonchev–Trinajstić information content (AvgIpc) is 2.98. The van der Waals surface area contributed by atoms with Crippen molar-refractivity contribution in [3.8, 4) is 5.75 Å². The van der Waals surface area contributed by atoms with Gasteiger partial charge in [-0.05, 0) is 47.0 Å². The van der Waals surface area contributed by atoms with E-state index in [1.807, 2.05) is 17.0 Å². The van der Waals surface area contributed by atoms with Crippen LogP contribution in [-0.2, 0) is 0 Å². The van der Waals surface area contributed by atoms with Crippen LogP contribution in [0.15, 0.2) is 22.7 Å². The predicted molar refractivity (Wildman–Crippen MR) is 84.7 cm³/mol. The van der Waals surface area contributed by atoms with Gasteiger partial charge in [-0.2, -0.15) is 0 Å². The zero-order valence-corrected chi connectivity index (χ0v) is 13.9. The van der Waals surface area contributed by atoms with Gasteiger partial charge in [-0.3, -0.25) is 4.79 Å². The molecule has 20 heavy (non-hydrogen) atoms. The molecule has 1 aromatic rings. The first-order chi connectivity index (χ1) is 9.67. The topological polar surface area (TPSA) is 29.5 Å². The Hall–Kier alpha value is -0.740. The smallest absolute Gasteiger partial charge is 0.255 e. The minimum Gasteiger partial charge on any atom is -0.497 e. The van der Waals surface area contributed by atoms with E-state index in [4.69, 9.17) is 16.3 Å². The molecule has 0 aliphatic heterocycles. The second-order valence-electron chi connectivity index (χ2n) is 4.97. The third-order valence-electron chi connectivity index (χ3n) is 3.76. The maximum absolute atomic E-state index is 12.8. The Morgan fingerprint density at radius 1 is 1.45 bits per heavy atom. The number of rotatable bonds is 5. The summed E-state index contributed by atoms with van der Waals surface area (Å²) in [6, 6.07) is 5.78. The molecule has 0 spiro atoms. The number of carbonyl (C=O) groups is 1. The quantitative estimate of drug-likeness (QED) is 0.740. The fraction of sp³-hybridized carbons (Fsp3) is 0.533. The minimum atomic E-state index is 0.0309. The zero-order chi connectivity index (χ0) is 14.5. The van der Waals surface area contributed by atoms with Gasteiger partial charge in [0.1, 0.15) is 5.75 Å². The number of carbonyl (C=O) groups excluding carboxylic acids is 1. The SMILES string of the molecule is COc1ccc(Br)c(C(=O)N(CCCl)C2CCCC2)c1. The Bertz CT molecular complexity index is 475. The summed E-state index contributed by atoms with van der Waals surface area (Å²) in [6.07, 6.45) is 4.53. The predicted octanol–water partition coefficient (Wildman–Crippen LogP) is 4.08. The van der Waals surface area contributed by atoms with Crippen molar-refractivity contribution in [2.75, 3.05) is 19.5 Å². The van der Waals surface area contributed by atoms with Gasteiger partial charge in [0.15, 0.2) is 0 Å². The van der Waals surface area contributed by atoms with Crippen LogP contribution < -0.4 is 4.74 Å². The highest BCUT2D eigenvalue weighted by molar-refractivity contribution is 9.10. The molecule has 0 unspecified atom stereocenters. The normalized spacial score (nSPS) is 15.3. The Kier molecular flexibility index (Phi) is 5.73. The van der Waals surface area contributed by atoms with Crippen molar-refractivity contribution in [3.63, 3.8) is 0 Å². The average molecular weight is 361 g/mol. The number of hydrogen-bond donors (Lipinski definition) is 0. The van der Waals surface area contributed by atoms with E-state index in [1.165, 1.54) is 12.8 Å². The van der Waals surface area contributed by atoms with Crippen LogP contribution in [0, 0.1) is 0 Å². The van der Waals surface area contributed by atoms with Crippen molar-refractivity contribution in [2.24, 2.45) is 0 Å². The van der Waals surface area contributed by atoms with E-state index in [1.54, 1.807) is 13.2 Å². The van der Waals surface area contributed by atoms with Crippen LogP contribution in [0.3, 0.4) is 0 Å². The first kappa shape index (κ1) is 15.6. The van der Waals surface area contributed by atoms with E-state index in [-0.39, 0.29) is 5.91 Å². The second-order valence-corrected chi connectivity index (χ2v) is 6.20. The van der Waals surface area contributed by atoms with E-state index in [0.29, 0.717) is 29.8 Å². The third kappa shape index (κ3) is 3.47. The van der Waals surface area contributed by atoms with Gasteiger partial charge in [0.25, 0.3) is 5.91 Å². The highest BCUT2D eigenvalue weighted by Crippen LogP contribution is 2.28. The molecule has 0 aromatic heterocycles. The van der Waals surface area contributed by atoms with Crippen LogP contribution in [0.4, 0.5) is 0 Å². The second kappa shape index (κ2) is 7.32. The summed E-state index contributed by atoms with van der Waals surface area (Å²) in [5.41, 5.74) is 0.640. The fourth-order valence-electron chi connectivity index (χ4n) is 2.71. The molecule has 1 aliphatic carbocycles. The number of methoxy groups -OCH3 is 1. The van der Waals surface area contributed by atoms with Crippen LogP contribution in [0.25, 0.3) is 0 Å². The molecule has 0 heterocycles.